The van der Waals surface area contributed by atoms with Crippen LogP contribution in [0.15, 0.2) is 24.3 Å². The normalized spacial score (nSPS) is 10.4. The van der Waals surface area contributed by atoms with E-state index in [2.05, 4.69) is 13.0 Å². The maximum atomic E-state index is 11.0. The standard InChI is InChI=1S/C15H15ClO4S/c1-3-10-4-5-11(21-10)8-20-14-12(16)6-9(15(17)18)7-13(14)19-2/h4-7H,3,8H2,1-2H3,(H,17,18). The third kappa shape index (κ3) is 3.68. The maximum absolute atomic E-state index is 11.0. The number of thiophene rings is 1. The van der Waals surface area contributed by atoms with Crippen LogP contribution < -0.4 is 9.47 Å². The number of ether oxygens (including phenoxy) is 2. The highest BCUT2D eigenvalue weighted by molar-refractivity contribution is 7.11. The fourth-order valence-corrected chi connectivity index (χ4v) is 2.95. The van der Waals surface area contributed by atoms with E-state index in [0.717, 1.165) is 11.3 Å². The molecule has 0 amide bonds. The van der Waals surface area contributed by atoms with Crippen LogP contribution in [0.4, 0.5) is 0 Å². The van der Waals surface area contributed by atoms with Gasteiger partial charge in [-0.05, 0) is 30.7 Å². The summed E-state index contributed by atoms with van der Waals surface area (Å²) >= 11 is 7.77. The van der Waals surface area contributed by atoms with Crippen molar-refractivity contribution in [1.82, 2.24) is 0 Å². The third-order valence-corrected chi connectivity index (χ3v) is 4.38. The van der Waals surface area contributed by atoms with E-state index in [1.807, 2.05) is 6.07 Å². The number of carboxylic acid groups (broad SMARTS) is 1. The van der Waals surface area contributed by atoms with E-state index in [1.165, 1.54) is 24.1 Å². The molecule has 1 N–H and O–H groups in total. The minimum Gasteiger partial charge on any atom is -0.493 e. The van der Waals surface area contributed by atoms with Crippen molar-refractivity contribution < 1.29 is 19.4 Å². The van der Waals surface area contributed by atoms with E-state index in [1.54, 1.807) is 11.3 Å². The fraction of sp³-hybridized carbons (Fsp3) is 0.267. The van der Waals surface area contributed by atoms with E-state index in [0.29, 0.717) is 18.1 Å². The molecule has 2 aromatic rings. The highest BCUT2D eigenvalue weighted by Gasteiger charge is 2.15. The summed E-state index contributed by atoms with van der Waals surface area (Å²) in [6.45, 7) is 2.47. The van der Waals surface area contributed by atoms with Crippen LogP contribution in [0.3, 0.4) is 0 Å². The van der Waals surface area contributed by atoms with Crippen LogP contribution in [0.5, 0.6) is 11.5 Å². The van der Waals surface area contributed by atoms with Gasteiger partial charge in [-0.3, -0.25) is 0 Å². The number of aryl methyl sites for hydroxylation is 1. The van der Waals surface area contributed by atoms with Gasteiger partial charge in [-0.1, -0.05) is 18.5 Å². The van der Waals surface area contributed by atoms with E-state index in [9.17, 15) is 4.79 Å². The van der Waals surface area contributed by atoms with Gasteiger partial charge in [0, 0.05) is 9.75 Å². The van der Waals surface area contributed by atoms with E-state index < -0.39 is 5.97 Å². The molecule has 0 atom stereocenters. The van der Waals surface area contributed by atoms with Crippen LogP contribution in [0.2, 0.25) is 5.02 Å². The first-order valence-corrected chi connectivity index (χ1v) is 7.55. The van der Waals surface area contributed by atoms with Gasteiger partial charge in [0.1, 0.15) is 6.61 Å². The molecule has 0 aliphatic heterocycles. The predicted octanol–water partition coefficient (Wildman–Crippen LogP) is 4.25. The van der Waals surface area contributed by atoms with Gasteiger partial charge < -0.3 is 14.6 Å². The van der Waals surface area contributed by atoms with Crippen molar-refractivity contribution in [2.45, 2.75) is 20.0 Å². The Hall–Kier alpha value is -1.72. The van der Waals surface area contributed by atoms with Gasteiger partial charge in [0.25, 0.3) is 0 Å². The molecular weight excluding hydrogens is 312 g/mol. The smallest absolute Gasteiger partial charge is 0.335 e. The number of carbonyl (C=O) groups is 1. The van der Waals surface area contributed by atoms with Crippen molar-refractivity contribution in [3.63, 3.8) is 0 Å². The number of methoxy groups -OCH3 is 1. The Labute approximate surface area is 131 Å². The number of carboxylic acids is 1. The summed E-state index contributed by atoms with van der Waals surface area (Å²) in [6, 6.07) is 6.83. The molecule has 112 valence electrons. The van der Waals surface area contributed by atoms with Crippen LogP contribution >= 0.6 is 22.9 Å². The Morgan fingerprint density at radius 2 is 2.05 bits per heavy atom. The molecule has 1 heterocycles. The Morgan fingerprint density at radius 3 is 2.62 bits per heavy atom. The summed E-state index contributed by atoms with van der Waals surface area (Å²) in [7, 11) is 1.45. The number of hydrogen-bond acceptors (Lipinski definition) is 4. The molecule has 6 heteroatoms. The van der Waals surface area contributed by atoms with Crippen molar-refractivity contribution in [3.05, 3.63) is 44.6 Å². The second-order valence-electron chi connectivity index (χ2n) is 4.30. The number of aromatic carboxylic acids is 1. The van der Waals surface area contributed by atoms with Crippen molar-refractivity contribution in [2.75, 3.05) is 7.11 Å². The van der Waals surface area contributed by atoms with Crippen LogP contribution in [-0.2, 0) is 13.0 Å². The fourth-order valence-electron chi connectivity index (χ4n) is 1.82. The van der Waals surface area contributed by atoms with E-state index in [-0.39, 0.29) is 10.6 Å². The molecule has 0 saturated carbocycles. The Bertz CT molecular complexity index is 651. The molecule has 2 rings (SSSR count). The molecule has 0 spiro atoms. The average Bonchev–Trinajstić information content (AvgIpc) is 2.93. The molecule has 0 fully saturated rings. The zero-order valence-electron chi connectivity index (χ0n) is 11.7. The molecule has 1 aromatic carbocycles. The van der Waals surface area contributed by atoms with Gasteiger partial charge >= 0.3 is 5.97 Å². The number of benzene rings is 1. The van der Waals surface area contributed by atoms with Gasteiger partial charge in [0.15, 0.2) is 11.5 Å². The van der Waals surface area contributed by atoms with Crippen LogP contribution in [0, 0.1) is 0 Å². The van der Waals surface area contributed by atoms with Crippen molar-refractivity contribution in [2.24, 2.45) is 0 Å². The second-order valence-corrected chi connectivity index (χ2v) is 5.96. The summed E-state index contributed by atoms with van der Waals surface area (Å²) in [6.07, 6.45) is 0.988. The summed E-state index contributed by atoms with van der Waals surface area (Å²) in [4.78, 5) is 13.4. The maximum Gasteiger partial charge on any atom is 0.335 e. The molecule has 1 aromatic heterocycles. The van der Waals surface area contributed by atoms with Crippen LogP contribution in [0.1, 0.15) is 27.0 Å². The lowest BCUT2D eigenvalue weighted by molar-refractivity contribution is 0.0696. The van der Waals surface area contributed by atoms with E-state index in [4.69, 9.17) is 26.2 Å². The minimum absolute atomic E-state index is 0.0635. The highest BCUT2D eigenvalue weighted by Crippen LogP contribution is 2.37. The molecule has 0 aliphatic rings. The molecule has 0 radical (unpaired) electrons. The summed E-state index contributed by atoms with van der Waals surface area (Å²) < 4.78 is 10.9. The molecule has 0 aliphatic carbocycles. The largest absolute Gasteiger partial charge is 0.493 e. The summed E-state index contributed by atoms with van der Waals surface area (Å²) in [5, 5.41) is 9.23. The van der Waals surface area contributed by atoms with E-state index >= 15 is 0 Å². The zero-order valence-corrected chi connectivity index (χ0v) is 13.3. The average molecular weight is 327 g/mol. The van der Waals surface area contributed by atoms with Gasteiger partial charge in [-0.15, -0.1) is 11.3 Å². The SMILES string of the molecule is CCc1ccc(COc2c(Cl)cc(C(=O)O)cc2OC)s1. The summed E-state index contributed by atoms with van der Waals surface area (Å²) in [5.74, 6) is -0.393. The molecule has 0 unspecified atom stereocenters. The zero-order chi connectivity index (χ0) is 15.4. The Balaban J connectivity index is 2.20. The number of halogens is 1. The second kappa shape index (κ2) is 6.83. The lowest BCUT2D eigenvalue weighted by Gasteiger charge is -2.12. The van der Waals surface area contributed by atoms with Gasteiger partial charge in [-0.25, -0.2) is 4.79 Å². The topological polar surface area (TPSA) is 55.8 Å². The Morgan fingerprint density at radius 1 is 1.33 bits per heavy atom. The van der Waals surface area contributed by atoms with Gasteiger partial charge in [-0.2, -0.15) is 0 Å². The minimum atomic E-state index is -1.06. The van der Waals surface area contributed by atoms with Crippen molar-refractivity contribution in [1.29, 1.82) is 0 Å². The summed E-state index contributed by atoms with van der Waals surface area (Å²) in [5.41, 5.74) is 0.0635. The van der Waals surface area contributed by atoms with Gasteiger partial charge in [0.05, 0.1) is 17.7 Å². The van der Waals surface area contributed by atoms with Crippen LogP contribution in [-0.4, -0.2) is 18.2 Å². The molecule has 0 bridgehead atoms. The molecule has 21 heavy (non-hydrogen) atoms. The predicted molar refractivity (Wildman–Crippen MR) is 83.0 cm³/mol. The molecule has 4 nitrogen and oxygen atoms in total. The first-order valence-electron chi connectivity index (χ1n) is 6.36. The van der Waals surface area contributed by atoms with Crippen molar-refractivity contribution >= 4 is 28.9 Å². The monoisotopic (exact) mass is 326 g/mol. The quantitative estimate of drug-likeness (QED) is 0.862. The van der Waals surface area contributed by atoms with Crippen molar-refractivity contribution in [3.8, 4) is 11.5 Å². The lowest BCUT2D eigenvalue weighted by Crippen LogP contribution is -2.01. The van der Waals surface area contributed by atoms with Gasteiger partial charge in [0.2, 0.25) is 0 Å². The first-order chi connectivity index (χ1) is 10.0. The number of rotatable bonds is 6. The molecule has 0 saturated heterocycles. The lowest BCUT2D eigenvalue weighted by atomic mass is 10.2. The number of hydrogen-bond donors (Lipinski definition) is 1. The molecular formula is C15H15ClO4S. The first kappa shape index (κ1) is 15.7. The van der Waals surface area contributed by atoms with Crippen LogP contribution in [0.25, 0.3) is 0 Å². The highest BCUT2D eigenvalue weighted by atomic mass is 35.5. The Kier molecular flexibility index (Phi) is 5.09. The third-order valence-electron chi connectivity index (χ3n) is 2.90.